The summed E-state index contributed by atoms with van der Waals surface area (Å²) < 4.78 is 15.9. The van der Waals surface area contributed by atoms with Gasteiger partial charge in [-0.25, -0.2) is 0 Å². The highest BCUT2D eigenvalue weighted by molar-refractivity contribution is 7.13. The summed E-state index contributed by atoms with van der Waals surface area (Å²) in [4.78, 5) is 25.6. The van der Waals surface area contributed by atoms with Crippen LogP contribution in [0.15, 0.2) is 60.7 Å². The van der Waals surface area contributed by atoms with Gasteiger partial charge in [0.15, 0.2) is 11.5 Å². The predicted octanol–water partition coefficient (Wildman–Crippen LogP) is 4.52. The fourth-order valence-corrected chi connectivity index (χ4v) is 4.24. The monoisotopic (exact) mass is 445 g/mol. The molecule has 0 radical (unpaired) electrons. The van der Waals surface area contributed by atoms with Gasteiger partial charge in [0, 0.05) is 23.2 Å². The number of ether oxygens (including phenoxy) is 2. The summed E-state index contributed by atoms with van der Waals surface area (Å²) in [5.41, 5.74) is 3.16. The second-order valence-electron chi connectivity index (χ2n) is 7.38. The summed E-state index contributed by atoms with van der Waals surface area (Å²) in [6.07, 6.45) is 0. The molecule has 7 nitrogen and oxygen atoms in total. The molecule has 160 valence electrons. The van der Waals surface area contributed by atoms with Crippen LogP contribution in [0.25, 0.3) is 10.1 Å². The normalized spacial score (nSPS) is 12.0. The van der Waals surface area contributed by atoms with Crippen molar-refractivity contribution in [1.82, 2.24) is 9.69 Å². The van der Waals surface area contributed by atoms with Crippen LogP contribution in [0.1, 0.15) is 32.0 Å². The summed E-state index contributed by atoms with van der Waals surface area (Å²) in [5, 5.41) is 6.61. The van der Waals surface area contributed by atoms with Gasteiger partial charge in [-0.3, -0.25) is 9.59 Å². The molecule has 0 atom stereocenters. The molecule has 1 aliphatic heterocycles. The van der Waals surface area contributed by atoms with Gasteiger partial charge in [-0.2, -0.15) is 4.37 Å². The molecule has 2 heterocycles. The number of nitrogens with one attached hydrogen (secondary N) is 2. The van der Waals surface area contributed by atoms with E-state index in [-0.39, 0.29) is 18.6 Å². The number of aromatic nitrogens is 1. The maximum Gasteiger partial charge on any atom is 0.276 e. The largest absolute Gasteiger partial charge is 0.454 e. The van der Waals surface area contributed by atoms with Crippen molar-refractivity contribution in [3.8, 4) is 11.5 Å². The number of carbonyl (C=O) groups is 2. The molecule has 4 aromatic rings. The molecule has 3 aromatic carbocycles. The number of amides is 2. The first-order valence-electron chi connectivity index (χ1n) is 10.0. The Morgan fingerprint density at radius 1 is 1.00 bits per heavy atom. The van der Waals surface area contributed by atoms with Crippen LogP contribution >= 0.6 is 11.5 Å². The third kappa shape index (κ3) is 3.88. The Bertz CT molecular complexity index is 1350. The number of hydrogen-bond donors (Lipinski definition) is 2. The average Bonchev–Trinajstić information content (AvgIpc) is 3.45. The topological polar surface area (TPSA) is 89.5 Å². The zero-order chi connectivity index (χ0) is 22.1. The first-order valence-corrected chi connectivity index (χ1v) is 10.8. The Kier molecular flexibility index (Phi) is 5.20. The summed E-state index contributed by atoms with van der Waals surface area (Å²) >= 11 is 1.29. The van der Waals surface area contributed by atoms with Crippen molar-refractivity contribution >= 4 is 39.1 Å². The minimum Gasteiger partial charge on any atom is -0.454 e. The molecule has 2 N–H and O–H groups in total. The standard InChI is InChI=1S/C24H19N3O4S/c1-14-6-8-16(23(28)25-12-15-7-9-19-20(10-15)31-13-30-19)11-18(14)26-24(29)22-17-4-2-3-5-21(17)32-27-22/h2-11H,12-13H2,1H3,(H,25,28)(H,26,29). The molecule has 1 aromatic heterocycles. The maximum absolute atomic E-state index is 12.8. The number of nitrogens with zero attached hydrogens (tertiary/aromatic N) is 1. The van der Waals surface area contributed by atoms with E-state index in [0.29, 0.717) is 35.0 Å². The number of aryl methyl sites for hydroxylation is 1. The fourth-order valence-electron chi connectivity index (χ4n) is 3.46. The van der Waals surface area contributed by atoms with E-state index in [0.717, 1.165) is 21.2 Å². The first kappa shape index (κ1) is 20.0. The van der Waals surface area contributed by atoms with Gasteiger partial charge in [-0.1, -0.05) is 30.3 Å². The molecule has 0 saturated heterocycles. The van der Waals surface area contributed by atoms with E-state index >= 15 is 0 Å². The second kappa shape index (κ2) is 8.32. The lowest BCUT2D eigenvalue weighted by molar-refractivity contribution is 0.0949. The number of carbonyl (C=O) groups excluding carboxylic acids is 2. The van der Waals surface area contributed by atoms with Crippen molar-refractivity contribution in [1.29, 1.82) is 0 Å². The number of anilines is 1. The highest BCUT2D eigenvalue weighted by Gasteiger charge is 2.17. The first-order chi connectivity index (χ1) is 15.6. The van der Waals surface area contributed by atoms with Crippen molar-refractivity contribution in [2.24, 2.45) is 0 Å². The Balaban J connectivity index is 1.29. The molecule has 0 spiro atoms. The lowest BCUT2D eigenvalue weighted by Gasteiger charge is -2.11. The molecular formula is C24H19N3O4S. The molecular weight excluding hydrogens is 426 g/mol. The minimum atomic E-state index is -0.302. The van der Waals surface area contributed by atoms with Crippen molar-refractivity contribution in [3.63, 3.8) is 0 Å². The van der Waals surface area contributed by atoms with E-state index in [2.05, 4.69) is 15.0 Å². The van der Waals surface area contributed by atoms with E-state index in [1.54, 1.807) is 12.1 Å². The number of benzene rings is 3. The summed E-state index contributed by atoms with van der Waals surface area (Å²) in [7, 11) is 0. The minimum absolute atomic E-state index is 0.208. The van der Waals surface area contributed by atoms with Crippen molar-refractivity contribution < 1.29 is 19.1 Å². The summed E-state index contributed by atoms with van der Waals surface area (Å²) in [6.45, 7) is 2.43. The van der Waals surface area contributed by atoms with E-state index in [1.807, 2.05) is 55.5 Å². The molecule has 0 aliphatic carbocycles. The summed E-state index contributed by atoms with van der Waals surface area (Å²) in [6, 6.07) is 18.4. The van der Waals surface area contributed by atoms with E-state index in [9.17, 15) is 9.59 Å². The molecule has 32 heavy (non-hydrogen) atoms. The Morgan fingerprint density at radius 3 is 2.75 bits per heavy atom. The summed E-state index contributed by atoms with van der Waals surface area (Å²) in [5.74, 6) is 0.833. The molecule has 0 unspecified atom stereocenters. The van der Waals surface area contributed by atoms with E-state index < -0.39 is 0 Å². The van der Waals surface area contributed by atoms with Crippen LogP contribution in [0.4, 0.5) is 5.69 Å². The fraction of sp³-hybridized carbons (Fsp3) is 0.125. The van der Waals surface area contributed by atoms with E-state index in [4.69, 9.17) is 9.47 Å². The van der Waals surface area contributed by atoms with Gasteiger partial charge in [0.05, 0.1) is 4.70 Å². The number of fused-ring (bicyclic) bond motifs is 2. The molecule has 0 saturated carbocycles. The lowest BCUT2D eigenvalue weighted by Crippen LogP contribution is -2.23. The predicted molar refractivity (Wildman–Crippen MR) is 122 cm³/mol. The smallest absolute Gasteiger partial charge is 0.276 e. The van der Waals surface area contributed by atoms with Crippen LogP contribution in [-0.4, -0.2) is 23.0 Å². The SMILES string of the molecule is Cc1ccc(C(=O)NCc2ccc3c(c2)OCO3)cc1NC(=O)c1nsc2ccccc12. The van der Waals surface area contributed by atoms with Gasteiger partial charge >= 0.3 is 0 Å². The van der Waals surface area contributed by atoms with Gasteiger partial charge in [0.1, 0.15) is 5.69 Å². The Morgan fingerprint density at radius 2 is 1.84 bits per heavy atom. The highest BCUT2D eigenvalue weighted by atomic mass is 32.1. The van der Waals surface area contributed by atoms with Crippen molar-refractivity contribution in [2.45, 2.75) is 13.5 Å². The molecule has 2 amide bonds. The third-order valence-corrected chi connectivity index (χ3v) is 6.06. The van der Waals surface area contributed by atoms with Gasteiger partial charge in [-0.05, 0) is 59.9 Å². The van der Waals surface area contributed by atoms with Gasteiger partial charge < -0.3 is 20.1 Å². The molecule has 0 fully saturated rings. The molecule has 8 heteroatoms. The van der Waals surface area contributed by atoms with Crippen molar-refractivity contribution in [2.75, 3.05) is 12.1 Å². The van der Waals surface area contributed by atoms with Crippen LogP contribution in [0.5, 0.6) is 11.5 Å². The van der Waals surface area contributed by atoms with Crippen LogP contribution in [-0.2, 0) is 6.54 Å². The number of rotatable bonds is 5. The molecule has 5 rings (SSSR count). The molecule has 1 aliphatic rings. The Hall–Kier alpha value is -3.91. The third-order valence-electron chi connectivity index (χ3n) is 5.23. The zero-order valence-corrected chi connectivity index (χ0v) is 18.0. The van der Waals surface area contributed by atoms with Gasteiger partial charge in [0.2, 0.25) is 6.79 Å². The van der Waals surface area contributed by atoms with Crippen LogP contribution in [0, 0.1) is 6.92 Å². The van der Waals surface area contributed by atoms with Crippen LogP contribution < -0.4 is 20.1 Å². The highest BCUT2D eigenvalue weighted by Crippen LogP contribution is 2.32. The lowest BCUT2D eigenvalue weighted by atomic mass is 10.1. The molecule has 0 bridgehead atoms. The van der Waals surface area contributed by atoms with Gasteiger partial charge in [0.25, 0.3) is 11.8 Å². The average molecular weight is 446 g/mol. The zero-order valence-electron chi connectivity index (χ0n) is 17.2. The van der Waals surface area contributed by atoms with Crippen LogP contribution in [0.3, 0.4) is 0 Å². The van der Waals surface area contributed by atoms with Crippen molar-refractivity contribution in [3.05, 3.63) is 83.0 Å². The maximum atomic E-state index is 12.8. The van der Waals surface area contributed by atoms with E-state index in [1.165, 1.54) is 11.5 Å². The Labute approximate surface area is 188 Å². The second-order valence-corrected chi connectivity index (χ2v) is 8.19. The number of hydrogen-bond acceptors (Lipinski definition) is 6. The van der Waals surface area contributed by atoms with Gasteiger partial charge in [-0.15, -0.1) is 0 Å². The van der Waals surface area contributed by atoms with Crippen LogP contribution in [0.2, 0.25) is 0 Å². The quantitative estimate of drug-likeness (QED) is 0.472.